The van der Waals surface area contributed by atoms with E-state index in [4.69, 9.17) is 4.74 Å². The minimum absolute atomic E-state index is 0.0251. The summed E-state index contributed by atoms with van der Waals surface area (Å²) in [6.45, 7) is 11.2. The third-order valence-electron chi connectivity index (χ3n) is 15.1. The van der Waals surface area contributed by atoms with E-state index in [9.17, 15) is 0 Å². The zero-order valence-electron chi connectivity index (χ0n) is 39.7. The van der Waals surface area contributed by atoms with Gasteiger partial charge in [-0.1, -0.05) is 190 Å². The fourth-order valence-corrected chi connectivity index (χ4v) is 17.1. The monoisotopic (exact) mass is 902 g/mol. The van der Waals surface area contributed by atoms with Gasteiger partial charge in [0, 0.05) is 34.5 Å². The summed E-state index contributed by atoms with van der Waals surface area (Å²) in [5.41, 5.74) is 16.8. The van der Waals surface area contributed by atoms with Crippen LogP contribution in [0.15, 0.2) is 218 Å². The number of nitrogens with zero attached hydrogens (tertiary/aromatic N) is 2. The summed E-state index contributed by atoms with van der Waals surface area (Å²) >= 11 is 0. The van der Waals surface area contributed by atoms with Crippen molar-refractivity contribution >= 4 is 96.8 Å². The van der Waals surface area contributed by atoms with Crippen LogP contribution in [-0.4, -0.2) is 14.8 Å². The van der Waals surface area contributed by atoms with Gasteiger partial charge in [-0.25, -0.2) is 0 Å². The molecule has 0 fully saturated rings. The Bertz CT molecular complexity index is 3620. The molecule has 0 saturated heterocycles. The molecule has 10 aromatic rings. The predicted molar refractivity (Wildman–Crippen MR) is 295 cm³/mol. The Hall–Kier alpha value is -7.86. The topological polar surface area (TPSA) is 15.7 Å². The molecule has 3 heterocycles. The van der Waals surface area contributed by atoms with Crippen molar-refractivity contribution in [3.63, 3.8) is 0 Å². The van der Waals surface area contributed by atoms with E-state index in [1.54, 1.807) is 0 Å². The lowest BCUT2D eigenvalue weighted by Gasteiger charge is -2.42. The van der Waals surface area contributed by atoms with E-state index in [0.29, 0.717) is 0 Å². The highest BCUT2D eigenvalue weighted by Gasteiger charge is 2.51. The first-order valence-corrected chi connectivity index (χ1v) is 26.3. The molecule has 0 unspecified atom stereocenters. The molecule has 0 radical (unpaired) electrons. The van der Waals surface area contributed by atoms with E-state index in [0.717, 1.165) is 45.3 Å². The average molecular weight is 903 g/mol. The van der Waals surface area contributed by atoms with Gasteiger partial charge in [0.2, 0.25) is 0 Å². The number of rotatable bonds is 6. The zero-order valence-corrected chi connectivity index (χ0v) is 40.7. The van der Waals surface area contributed by atoms with Gasteiger partial charge in [0.25, 0.3) is 6.71 Å². The van der Waals surface area contributed by atoms with Crippen LogP contribution in [0.4, 0.5) is 34.1 Å². The molecule has 0 spiro atoms. The summed E-state index contributed by atoms with van der Waals surface area (Å²) in [5.74, 6) is 1.78. The van der Waals surface area contributed by atoms with Gasteiger partial charge in [0.1, 0.15) is 11.5 Å². The Labute approximate surface area is 407 Å². The highest BCUT2D eigenvalue weighted by molar-refractivity contribution is 7.22. The van der Waals surface area contributed by atoms with Crippen LogP contribution < -0.4 is 51.7 Å². The van der Waals surface area contributed by atoms with E-state index < -0.39 is 8.07 Å². The molecular weight excluding hydrogens is 852 g/mol. The third-order valence-corrected chi connectivity index (χ3v) is 19.9. The Balaban J connectivity index is 1.15. The van der Waals surface area contributed by atoms with Gasteiger partial charge in [-0.05, 0) is 138 Å². The highest BCUT2D eigenvalue weighted by atomic mass is 28.3. The normalized spacial score (nSPS) is 13.8. The van der Waals surface area contributed by atoms with Crippen molar-refractivity contribution in [3.8, 4) is 22.6 Å². The molecule has 3 aliphatic heterocycles. The number of para-hydroxylation sites is 1. The SMILES string of the molecule is Cc1ccc(N2c3cc4c(cc3B3c5cc6ccccc6cc5Oc5cc(N(c6ccccc6)c6ccc(C(C)(C)C)cc6)cc2c53)[Si](c2ccccc2)(c2ccccc2)c2ccccc2-4)c(C)c1. The van der Waals surface area contributed by atoms with Crippen molar-refractivity contribution in [2.45, 2.75) is 40.0 Å². The summed E-state index contributed by atoms with van der Waals surface area (Å²) in [6, 6.07) is 82.2. The van der Waals surface area contributed by atoms with Crippen LogP contribution >= 0.6 is 0 Å². The molecule has 330 valence electrons. The van der Waals surface area contributed by atoms with Crippen molar-refractivity contribution in [2.75, 3.05) is 9.80 Å². The van der Waals surface area contributed by atoms with Crippen molar-refractivity contribution in [1.82, 2.24) is 0 Å². The Morgan fingerprint density at radius 1 is 0.464 bits per heavy atom. The van der Waals surface area contributed by atoms with Crippen LogP contribution in [0.5, 0.6) is 11.5 Å². The first-order chi connectivity index (χ1) is 33.7. The number of ether oxygens (including phenoxy) is 1. The molecular formula is C64H51BN2OSi. The van der Waals surface area contributed by atoms with Crippen LogP contribution in [-0.2, 0) is 5.41 Å². The molecule has 0 aromatic heterocycles. The van der Waals surface area contributed by atoms with E-state index in [1.807, 2.05) is 0 Å². The minimum atomic E-state index is -2.84. The first kappa shape index (κ1) is 41.3. The summed E-state index contributed by atoms with van der Waals surface area (Å²) in [7, 11) is -2.84. The number of hydrogen-bond donors (Lipinski definition) is 0. The zero-order chi connectivity index (χ0) is 46.6. The van der Waals surface area contributed by atoms with Gasteiger partial charge >= 0.3 is 0 Å². The van der Waals surface area contributed by atoms with Gasteiger partial charge in [-0.2, -0.15) is 0 Å². The largest absolute Gasteiger partial charge is 0.458 e. The summed E-state index contributed by atoms with van der Waals surface area (Å²) in [6.07, 6.45) is 0. The van der Waals surface area contributed by atoms with Crippen LogP contribution in [0, 0.1) is 13.8 Å². The number of benzene rings is 10. The molecule has 0 N–H and O–H groups in total. The first-order valence-electron chi connectivity index (χ1n) is 24.3. The standard InChI is InChI=1S/C64H51BN2OSi/c1-42-29-34-56(43(2)35-42)67-57-40-53-52-27-17-18-28-61(52)69(50-23-11-7-12-24-50,51-25-13-8-14-26-51)62(53)41-54(57)65-55-36-44-19-15-16-20-45(44)37-59(55)68-60-39-49(38-58(67)63(60)65)66(47-21-9-6-10-22-47)48-32-30-46(31-33-48)64(3,4)5/h6-41H,1-5H3. The van der Waals surface area contributed by atoms with Crippen LogP contribution in [0.2, 0.25) is 0 Å². The summed E-state index contributed by atoms with van der Waals surface area (Å²) < 4.78 is 7.39. The maximum atomic E-state index is 7.39. The maximum absolute atomic E-state index is 7.39. The molecule has 0 amide bonds. The van der Waals surface area contributed by atoms with Crippen molar-refractivity contribution in [2.24, 2.45) is 0 Å². The third kappa shape index (κ3) is 6.34. The lowest BCUT2D eigenvalue weighted by atomic mass is 9.34. The number of hydrogen-bond acceptors (Lipinski definition) is 3. The number of fused-ring (bicyclic) bond motifs is 8. The second-order valence-electron chi connectivity index (χ2n) is 20.2. The molecule has 3 nitrogen and oxygen atoms in total. The summed E-state index contributed by atoms with van der Waals surface area (Å²) in [5, 5.41) is 8.03. The Morgan fingerprint density at radius 3 is 1.77 bits per heavy atom. The van der Waals surface area contributed by atoms with Crippen molar-refractivity contribution < 1.29 is 4.74 Å². The highest BCUT2D eigenvalue weighted by Crippen LogP contribution is 2.48. The summed E-state index contributed by atoms with van der Waals surface area (Å²) in [4.78, 5) is 4.96. The second kappa shape index (κ2) is 15.6. The maximum Gasteiger partial charge on any atom is 0.256 e. The molecule has 0 atom stereocenters. The molecule has 10 aromatic carbocycles. The van der Waals surface area contributed by atoms with Gasteiger partial charge in [-0.15, -0.1) is 0 Å². The molecule has 5 heteroatoms. The fraction of sp³-hybridized carbons (Fsp3) is 0.0938. The Morgan fingerprint density at radius 2 is 1.09 bits per heavy atom. The smallest absolute Gasteiger partial charge is 0.256 e. The van der Waals surface area contributed by atoms with Crippen LogP contribution in [0.3, 0.4) is 0 Å². The van der Waals surface area contributed by atoms with Crippen LogP contribution in [0.25, 0.3) is 21.9 Å². The van der Waals surface area contributed by atoms with Crippen LogP contribution in [0.1, 0.15) is 37.5 Å². The van der Waals surface area contributed by atoms with Gasteiger partial charge in [0.15, 0.2) is 8.07 Å². The molecule has 0 saturated carbocycles. The minimum Gasteiger partial charge on any atom is -0.458 e. The quantitative estimate of drug-likeness (QED) is 0.155. The number of aryl methyl sites for hydroxylation is 2. The average Bonchev–Trinajstić information content (AvgIpc) is 3.66. The van der Waals surface area contributed by atoms with Gasteiger partial charge in [0.05, 0.1) is 5.69 Å². The van der Waals surface area contributed by atoms with E-state index in [1.165, 1.54) is 76.0 Å². The fourth-order valence-electron chi connectivity index (χ4n) is 11.9. The molecule has 0 bridgehead atoms. The second-order valence-corrected chi connectivity index (χ2v) is 24.0. The van der Waals surface area contributed by atoms with Gasteiger partial charge < -0.3 is 14.5 Å². The molecule has 0 aliphatic carbocycles. The number of anilines is 6. The van der Waals surface area contributed by atoms with E-state index >= 15 is 0 Å². The molecule has 3 aliphatic rings. The van der Waals surface area contributed by atoms with E-state index in [-0.39, 0.29) is 12.1 Å². The molecule has 13 rings (SSSR count). The Kier molecular flexibility index (Phi) is 9.34. The lowest BCUT2D eigenvalue weighted by Crippen LogP contribution is -2.73. The van der Waals surface area contributed by atoms with Crippen molar-refractivity contribution in [3.05, 3.63) is 235 Å². The lowest BCUT2D eigenvalue weighted by molar-refractivity contribution is 0.488. The van der Waals surface area contributed by atoms with Gasteiger partial charge in [-0.3, -0.25) is 0 Å². The molecule has 69 heavy (non-hydrogen) atoms. The van der Waals surface area contributed by atoms with E-state index in [2.05, 4.69) is 263 Å². The van der Waals surface area contributed by atoms with Crippen molar-refractivity contribution in [1.29, 1.82) is 0 Å². The predicted octanol–water partition coefficient (Wildman–Crippen LogP) is 12.0.